The topological polar surface area (TPSA) is 249 Å². The molecule has 4 aliphatic rings. The van der Waals surface area contributed by atoms with Gasteiger partial charge in [-0.2, -0.15) is 0 Å². The first-order valence-electron chi connectivity index (χ1n) is 18.8. The molecule has 0 radical (unpaired) electrons. The molecule has 2 aliphatic carbocycles. The lowest BCUT2D eigenvalue weighted by Crippen LogP contribution is -2.52. The minimum Gasteiger partial charge on any atom is -0.444 e. The maximum absolute atomic E-state index is 13.1. The van der Waals surface area contributed by atoms with E-state index in [2.05, 4.69) is 25.4 Å². The molecule has 2 aliphatic heterocycles. The molecule has 16 nitrogen and oxygen atoms in total. The van der Waals surface area contributed by atoms with Crippen LogP contribution in [-0.4, -0.2) is 63.2 Å². The summed E-state index contributed by atoms with van der Waals surface area (Å²) < 4.78 is 60.6. The lowest BCUT2D eigenvalue weighted by atomic mass is 10.1. The summed E-state index contributed by atoms with van der Waals surface area (Å²) in [5.41, 5.74) is 2.89. The summed E-state index contributed by atoms with van der Waals surface area (Å²) >= 11 is 0. The molecule has 4 atom stereocenters. The Labute approximate surface area is 345 Å². The number of nitrogens with one attached hydrogen (secondary N) is 5. The van der Waals surface area contributed by atoms with Crippen molar-refractivity contribution in [3.05, 3.63) is 72.8 Å². The van der Waals surface area contributed by atoms with Gasteiger partial charge in [-0.05, 0) is 96.4 Å². The first kappa shape index (κ1) is 45.9. The molecule has 19 heteroatoms. The highest BCUT2D eigenvalue weighted by atomic mass is 35.5. The van der Waals surface area contributed by atoms with Gasteiger partial charge in [-0.25, -0.2) is 31.1 Å². The Kier molecular flexibility index (Phi) is 14.6. The van der Waals surface area contributed by atoms with Gasteiger partial charge in [0.05, 0.1) is 11.4 Å². The van der Waals surface area contributed by atoms with Crippen molar-refractivity contribution in [1.29, 1.82) is 0 Å². The standard InChI is InChI=1S/C22H29N3O6S.C17H21N3O4S.ClH/c1-21(2,3)31-20(28)24-22-14-15(22)10-6-4-5-7-13-18(26)23-16-11-8-9-12-17(16)32(29,30)25-19(22)27;18-17-11-12(17)7-3-1-2-4-10-15(21)19-13-8-5-6-9-14(13)25(23,24)20-16(17)22;/h6,8-12,15H,4-5,7,13-14H2,1-3H3,(H,23,26)(H,24,28)(H,25,27);3,5-9,12H,1-2,4,10-11,18H2,(H,19,21)(H,20,22);1H/b10-6+;7-3+;/t15-,22-;12-,17-;/m11./s1. The molecule has 2 fully saturated rings. The van der Waals surface area contributed by atoms with E-state index in [-0.39, 0.29) is 70.1 Å². The number of amides is 5. The third-order valence-electron chi connectivity index (χ3n) is 9.77. The monoisotopic (exact) mass is 862 g/mol. The van der Waals surface area contributed by atoms with Gasteiger partial charge in [0.1, 0.15) is 26.5 Å². The molecule has 2 saturated carbocycles. The number of carbonyl (C=O) groups excluding carboxylic acids is 5. The Morgan fingerprint density at radius 2 is 1.19 bits per heavy atom. The highest BCUT2D eigenvalue weighted by molar-refractivity contribution is 7.90. The summed E-state index contributed by atoms with van der Waals surface area (Å²) in [5.74, 6) is -2.67. The van der Waals surface area contributed by atoms with Gasteiger partial charge in [0, 0.05) is 24.7 Å². The predicted molar refractivity (Wildman–Crippen MR) is 218 cm³/mol. The molecule has 0 spiro atoms. The Hall–Kier alpha value is -4.78. The van der Waals surface area contributed by atoms with Crippen molar-refractivity contribution in [2.75, 3.05) is 10.6 Å². The highest BCUT2D eigenvalue weighted by Crippen LogP contribution is 2.46. The maximum atomic E-state index is 13.1. The average Bonchev–Trinajstić information content (AvgIpc) is 4.01. The Balaban J connectivity index is 0.000000259. The van der Waals surface area contributed by atoms with Crippen LogP contribution in [0.1, 0.15) is 85.0 Å². The van der Waals surface area contributed by atoms with E-state index in [0.29, 0.717) is 32.1 Å². The van der Waals surface area contributed by atoms with Crippen molar-refractivity contribution in [3.8, 4) is 0 Å². The lowest BCUT2D eigenvalue weighted by Gasteiger charge is -2.24. The molecule has 0 bridgehead atoms. The largest absolute Gasteiger partial charge is 0.444 e. The van der Waals surface area contributed by atoms with Gasteiger partial charge >= 0.3 is 6.09 Å². The van der Waals surface area contributed by atoms with Crippen LogP contribution in [0.3, 0.4) is 0 Å². The van der Waals surface area contributed by atoms with E-state index >= 15 is 0 Å². The second-order valence-electron chi connectivity index (χ2n) is 15.6. The second-order valence-corrected chi connectivity index (χ2v) is 18.9. The van der Waals surface area contributed by atoms with Crippen LogP contribution < -0.4 is 31.1 Å². The lowest BCUT2D eigenvalue weighted by molar-refractivity contribution is -0.123. The number of allylic oxidation sites excluding steroid dienone is 2. The Bertz CT molecular complexity index is 2190. The zero-order valence-corrected chi connectivity index (χ0v) is 35.0. The van der Waals surface area contributed by atoms with Gasteiger partial charge in [-0.1, -0.05) is 48.6 Å². The average molecular weight is 863 g/mol. The van der Waals surface area contributed by atoms with E-state index in [1.807, 2.05) is 18.2 Å². The molecule has 6 rings (SSSR count). The van der Waals surface area contributed by atoms with Crippen LogP contribution in [0.5, 0.6) is 0 Å². The fraction of sp³-hybridized carbons (Fsp3) is 0.462. The van der Waals surface area contributed by atoms with Crippen LogP contribution in [0, 0.1) is 11.8 Å². The predicted octanol–water partition coefficient (Wildman–Crippen LogP) is 4.54. The number of hydrogen-bond acceptors (Lipinski definition) is 11. The number of nitrogens with two attached hydrogens (primary N) is 1. The molecule has 0 unspecified atom stereocenters. The van der Waals surface area contributed by atoms with E-state index in [9.17, 15) is 40.8 Å². The molecular formula is C39H51ClN6O10S2. The number of sulfonamides is 2. The number of alkyl carbamates (subject to hydrolysis) is 1. The van der Waals surface area contributed by atoms with Crippen LogP contribution in [0.4, 0.5) is 16.2 Å². The third kappa shape index (κ3) is 11.7. The van der Waals surface area contributed by atoms with Gasteiger partial charge in [0.25, 0.3) is 31.9 Å². The van der Waals surface area contributed by atoms with E-state index < -0.39 is 54.6 Å². The molecule has 7 N–H and O–H groups in total. The van der Waals surface area contributed by atoms with Gasteiger partial charge in [-0.3, -0.25) is 19.2 Å². The van der Waals surface area contributed by atoms with Crippen LogP contribution in [0.25, 0.3) is 0 Å². The first-order chi connectivity index (χ1) is 26.8. The SMILES string of the molecule is CC(C)(C)OC(=O)N[C@]12C[C@H]1/C=C/CCCCC(=O)Nc1ccccc1S(=O)(=O)NC2=O.Cl.N[C@]12C[C@H]1/C=C/CCCCC(=O)Nc1ccccc1S(=O)(=O)NC2=O. The zero-order valence-electron chi connectivity index (χ0n) is 32.5. The van der Waals surface area contributed by atoms with Crippen LogP contribution >= 0.6 is 12.4 Å². The number of anilines is 2. The zero-order chi connectivity index (χ0) is 41.6. The molecule has 316 valence electrons. The summed E-state index contributed by atoms with van der Waals surface area (Å²) in [7, 11) is -8.45. The van der Waals surface area contributed by atoms with Gasteiger partial charge < -0.3 is 26.4 Å². The molecule has 58 heavy (non-hydrogen) atoms. The van der Waals surface area contributed by atoms with Gasteiger partial charge in [0.15, 0.2) is 0 Å². The van der Waals surface area contributed by atoms with E-state index in [4.69, 9.17) is 10.5 Å². The number of halogens is 1. The summed E-state index contributed by atoms with van der Waals surface area (Å²) in [4.78, 5) is 61.8. The number of ether oxygens (including phenoxy) is 1. The highest BCUT2D eigenvalue weighted by Gasteiger charge is 2.61. The number of hydrogen-bond donors (Lipinski definition) is 6. The normalized spacial score (nSPS) is 27.9. The molecular weight excluding hydrogens is 812 g/mol. The van der Waals surface area contributed by atoms with Crippen LogP contribution in [-0.2, 0) is 44.0 Å². The number of rotatable bonds is 1. The number of para-hydroxylation sites is 2. The van der Waals surface area contributed by atoms with Crippen molar-refractivity contribution in [2.45, 2.75) is 111 Å². The Morgan fingerprint density at radius 1 is 0.724 bits per heavy atom. The van der Waals surface area contributed by atoms with Crippen molar-refractivity contribution in [1.82, 2.24) is 14.8 Å². The third-order valence-corrected chi connectivity index (χ3v) is 12.5. The molecule has 2 aromatic carbocycles. The quantitative estimate of drug-likeness (QED) is 0.217. The summed E-state index contributed by atoms with van der Waals surface area (Å²) in [6.07, 6.45) is 12.3. The van der Waals surface area contributed by atoms with E-state index in [1.165, 1.54) is 36.4 Å². The molecule has 0 aromatic heterocycles. The van der Waals surface area contributed by atoms with Crippen molar-refractivity contribution < 1.29 is 45.5 Å². The number of carbonyl (C=O) groups is 5. The van der Waals surface area contributed by atoms with Crippen LogP contribution in [0.2, 0.25) is 0 Å². The van der Waals surface area contributed by atoms with Crippen LogP contribution in [0.15, 0.2) is 82.6 Å². The first-order valence-corrected chi connectivity index (χ1v) is 21.8. The molecule has 2 heterocycles. The van der Waals surface area contributed by atoms with Gasteiger partial charge in [0.2, 0.25) is 11.8 Å². The fourth-order valence-corrected chi connectivity index (χ4v) is 8.88. The van der Waals surface area contributed by atoms with Crippen molar-refractivity contribution >= 4 is 73.6 Å². The van der Waals surface area contributed by atoms with E-state index in [1.54, 1.807) is 39.0 Å². The molecule has 5 amide bonds. The number of fused-ring (bicyclic) bond motifs is 4. The minimum absolute atomic E-state index is 0. The van der Waals surface area contributed by atoms with Crippen molar-refractivity contribution in [2.24, 2.45) is 17.6 Å². The molecule has 2 aromatic rings. The Morgan fingerprint density at radius 3 is 1.69 bits per heavy atom. The van der Waals surface area contributed by atoms with E-state index in [0.717, 1.165) is 19.3 Å². The smallest absolute Gasteiger partial charge is 0.408 e. The van der Waals surface area contributed by atoms with Crippen molar-refractivity contribution in [3.63, 3.8) is 0 Å². The fourth-order valence-electron chi connectivity index (χ4n) is 6.46. The maximum Gasteiger partial charge on any atom is 0.408 e. The van der Waals surface area contributed by atoms with Gasteiger partial charge in [-0.15, -0.1) is 12.4 Å². The number of benzene rings is 2. The minimum atomic E-state index is -4.32. The summed E-state index contributed by atoms with van der Waals surface area (Å²) in [5, 5.41) is 7.80. The molecule has 0 saturated heterocycles. The summed E-state index contributed by atoms with van der Waals surface area (Å²) in [6.45, 7) is 5.09. The summed E-state index contributed by atoms with van der Waals surface area (Å²) in [6, 6.07) is 11.9. The second kappa shape index (κ2) is 18.4.